The SMILES string of the molecule is CC(=O)N[C@@H](Cc1cn([N+](=O)[O-])c2ccccc12)C(=O)O. The van der Waals surface area contributed by atoms with Crippen LogP contribution in [0.25, 0.3) is 10.9 Å². The predicted molar refractivity (Wildman–Crippen MR) is 73.3 cm³/mol. The van der Waals surface area contributed by atoms with Crippen molar-refractivity contribution in [2.24, 2.45) is 0 Å². The molecular formula is C13H13N3O5. The van der Waals surface area contributed by atoms with Crippen LogP contribution in [0.4, 0.5) is 0 Å². The van der Waals surface area contributed by atoms with Gasteiger partial charge in [0, 0.05) is 18.7 Å². The van der Waals surface area contributed by atoms with Crippen molar-refractivity contribution in [3.05, 3.63) is 46.1 Å². The van der Waals surface area contributed by atoms with Crippen molar-refractivity contribution in [3.63, 3.8) is 0 Å². The molecule has 0 unspecified atom stereocenters. The molecule has 0 radical (unpaired) electrons. The normalized spacial score (nSPS) is 12.0. The number of rotatable bonds is 5. The van der Waals surface area contributed by atoms with E-state index < -0.39 is 23.0 Å². The van der Waals surface area contributed by atoms with Crippen LogP contribution in [0.5, 0.6) is 0 Å². The Bertz CT molecular complexity index is 722. The number of carbonyl (C=O) groups is 2. The summed E-state index contributed by atoms with van der Waals surface area (Å²) >= 11 is 0. The predicted octanol–water partition coefficient (Wildman–Crippen LogP) is 0.813. The van der Waals surface area contributed by atoms with E-state index in [0.29, 0.717) is 16.5 Å². The molecule has 2 N–H and O–H groups in total. The van der Waals surface area contributed by atoms with Crippen molar-refractivity contribution in [3.8, 4) is 0 Å². The van der Waals surface area contributed by atoms with Gasteiger partial charge in [-0.3, -0.25) is 4.79 Å². The minimum atomic E-state index is -1.19. The maximum Gasteiger partial charge on any atom is 0.326 e. The summed E-state index contributed by atoms with van der Waals surface area (Å²) in [5.41, 5.74) is 0.868. The molecule has 1 atom stereocenters. The summed E-state index contributed by atoms with van der Waals surface area (Å²) in [5.74, 6) is -1.66. The second kappa shape index (κ2) is 5.61. The first kappa shape index (κ1) is 14.5. The molecule has 2 aromatic rings. The van der Waals surface area contributed by atoms with Gasteiger partial charge < -0.3 is 10.4 Å². The van der Waals surface area contributed by atoms with Gasteiger partial charge in [-0.05, 0) is 11.6 Å². The Morgan fingerprint density at radius 2 is 2.10 bits per heavy atom. The third-order valence-corrected chi connectivity index (χ3v) is 3.05. The lowest BCUT2D eigenvalue weighted by Crippen LogP contribution is -2.41. The number of hydrogen-bond acceptors (Lipinski definition) is 4. The average Bonchev–Trinajstić information content (AvgIpc) is 2.77. The highest BCUT2D eigenvalue weighted by Crippen LogP contribution is 2.22. The Morgan fingerprint density at radius 1 is 1.43 bits per heavy atom. The zero-order chi connectivity index (χ0) is 15.6. The maximum atomic E-state index is 11.2. The zero-order valence-corrected chi connectivity index (χ0v) is 11.1. The van der Waals surface area contributed by atoms with Gasteiger partial charge in [-0.2, -0.15) is 0 Å². The van der Waals surface area contributed by atoms with E-state index in [0.717, 1.165) is 4.68 Å². The summed E-state index contributed by atoms with van der Waals surface area (Å²) < 4.78 is 0.845. The van der Waals surface area contributed by atoms with Crippen LogP contribution < -0.4 is 5.32 Å². The summed E-state index contributed by atoms with van der Waals surface area (Å²) in [6.45, 7) is 1.22. The van der Waals surface area contributed by atoms with Crippen molar-refractivity contribution < 1.29 is 19.7 Å². The average molecular weight is 291 g/mol. The van der Waals surface area contributed by atoms with Crippen LogP contribution in [0.15, 0.2) is 30.5 Å². The fourth-order valence-electron chi connectivity index (χ4n) is 2.19. The molecule has 2 rings (SSSR count). The van der Waals surface area contributed by atoms with Gasteiger partial charge in [0.25, 0.3) is 0 Å². The van der Waals surface area contributed by atoms with Crippen molar-refractivity contribution in [2.75, 3.05) is 0 Å². The van der Waals surface area contributed by atoms with E-state index in [2.05, 4.69) is 5.32 Å². The highest BCUT2D eigenvalue weighted by Gasteiger charge is 2.23. The molecule has 1 heterocycles. The van der Waals surface area contributed by atoms with Crippen molar-refractivity contribution in [1.82, 2.24) is 9.99 Å². The van der Waals surface area contributed by atoms with Gasteiger partial charge >= 0.3 is 5.97 Å². The first-order valence-corrected chi connectivity index (χ1v) is 6.13. The number of nitro groups is 1. The summed E-state index contributed by atoms with van der Waals surface area (Å²) in [7, 11) is 0. The molecule has 1 aromatic heterocycles. The topological polar surface area (TPSA) is 114 Å². The maximum absolute atomic E-state index is 11.2. The van der Waals surface area contributed by atoms with Crippen LogP contribution in [0.2, 0.25) is 0 Å². The molecule has 0 fully saturated rings. The molecule has 1 aromatic carbocycles. The van der Waals surface area contributed by atoms with Crippen molar-refractivity contribution in [1.29, 1.82) is 0 Å². The largest absolute Gasteiger partial charge is 0.480 e. The molecule has 0 aliphatic carbocycles. The Balaban J connectivity index is 2.44. The fraction of sp³-hybridized carbons (Fsp3) is 0.231. The summed E-state index contributed by atoms with van der Waals surface area (Å²) in [5, 5.41) is 22.4. The number of aromatic nitrogens is 1. The Labute approximate surface area is 119 Å². The molecule has 0 bridgehead atoms. The van der Waals surface area contributed by atoms with Crippen LogP contribution in [-0.2, 0) is 16.0 Å². The van der Waals surface area contributed by atoms with Gasteiger partial charge in [-0.15, -0.1) is 0 Å². The van der Waals surface area contributed by atoms with E-state index in [-0.39, 0.29) is 6.42 Å². The van der Waals surface area contributed by atoms with Crippen LogP contribution in [-0.4, -0.2) is 32.7 Å². The van der Waals surface area contributed by atoms with E-state index in [1.54, 1.807) is 24.3 Å². The van der Waals surface area contributed by atoms with Gasteiger partial charge in [0.05, 0.1) is 6.20 Å². The number of benzene rings is 1. The van der Waals surface area contributed by atoms with E-state index >= 15 is 0 Å². The molecule has 110 valence electrons. The molecule has 21 heavy (non-hydrogen) atoms. The molecule has 8 nitrogen and oxygen atoms in total. The highest BCUT2D eigenvalue weighted by atomic mass is 16.7. The van der Waals surface area contributed by atoms with Gasteiger partial charge in [0.15, 0.2) is 5.03 Å². The lowest BCUT2D eigenvalue weighted by atomic mass is 10.1. The minimum Gasteiger partial charge on any atom is -0.480 e. The van der Waals surface area contributed by atoms with Crippen LogP contribution in [0.1, 0.15) is 12.5 Å². The Kier molecular flexibility index (Phi) is 3.88. The van der Waals surface area contributed by atoms with Crippen molar-refractivity contribution in [2.45, 2.75) is 19.4 Å². The zero-order valence-electron chi connectivity index (χ0n) is 11.1. The number of amides is 1. The number of nitrogens with zero attached hydrogens (tertiary/aromatic N) is 2. The number of aliphatic carboxylic acids is 1. The van der Waals surface area contributed by atoms with Gasteiger partial charge in [-0.25, -0.2) is 14.9 Å². The molecule has 0 aliphatic rings. The van der Waals surface area contributed by atoms with Crippen LogP contribution in [0, 0.1) is 10.1 Å². The third kappa shape index (κ3) is 2.99. The number of nitrogens with one attached hydrogen (secondary N) is 1. The molecule has 0 aliphatic heterocycles. The number of carbonyl (C=O) groups excluding carboxylic acids is 1. The monoisotopic (exact) mass is 291 g/mol. The fourth-order valence-corrected chi connectivity index (χ4v) is 2.19. The van der Waals surface area contributed by atoms with Crippen LogP contribution in [0.3, 0.4) is 0 Å². The quantitative estimate of drug-likeness (QED) is 0.625. The van der Waals surface area contributed by atoms with E-state index in [1.165, 1.54) is 13.1 Å². The minimum absolute atomic E-state index is 0.0315. The summed E-state index contributed by atoms with van der Waals surface area (Å²) in [6, 6.07) is 5.50. The number of carboxylic acid groups (broad SMARTS) is 1. The molecule has 8 heteroatoms. The Morgan fingerprint density at radius 3 is 2.67 bits per heavy atom. The Hall–Kier alpha value is -2.90. The second-order valence-electron chi connectivity index (χ2n) is 4.55. The molecule has 0 spiro atoms. The van der Waals surface area contributed by atoms with Gasteiger partial charge in [0.1, 0.15) is 11.6 Å². The molecule has 0 saturated heterocycles. The first-order chi connectivity index (χ1) is 9.90. The van der Waals surface area contributed by atoms with Crippen LogP contribution >= 0.6 is 0 Å². The highest BCUT2D eigenvalue weighted by molar-refractivity contribution is 5.86. The summed E-state index contributed by atoms with van der Waals surface area (Å²) in [6.07, 6.45) is 1.25. The van der Waals surface area contributed by atoms with Gasteiger partial charge in [-0.1, -0.05) is 22.9 Å². The molecule has 0 saturated carbocycles. The van der Waals surface area contributed by atoms with E-state index in [9.17, 15) is 19.7 Å². The van der Waals surface area contributed by atoms with Gasteiger partial charge in [0.2, 0.25) is 5.91 Å². The number of para-hydroxylation sites is 1. The lowest BCUT2D eigenvalue weighted by molar-refractivity contribution is -0.537. The summed E-state index contributed by atoms with van der Waals surface area (Å²) in [4.78, 5) is 33.2. The van der Waals surface area contributed by atoms with Crippen molar-refractivity contribution >= 4 is 22.8 Å². The number of hydrogen-bond donors (Lipinski definition) is 2. The second-order valence-corrected chi connectivity index (χ2v) is 4.55. The molecule has 1 amide bonds. The number of carboxylic acids is 1. The van der Waals surface area contributed by atoms with E-state index in [1.807, 2.05) is 0 Å². The van der Waals surface area contributed by atoms with E-state index in [4.69, 9.17) is 5.11 Å². The lowest BCUT2D eigenvalue weighted by Gasteiger charge is -2.12. The number of fused-ring (bicyclic) bond motifs is 1. The standard InChI is InChI=1S/C13H13N3O5/c1-8(17)14-11(13(18)19)6-9-7-15(16(20)21)12-5-3-2-4-10(9)12/h2-5,7,11H,6H2,1H3,(H,14,17)(H,18,19)/t11-/m0/s1. The third-order valence-electron chi connectivity index (χ3n) is 3.05. The molecular weight excluding hydrogens is 278 g/mol. The smallest absolute Gasteiger partial charge is 0.326 e. The first-order valence-electron chi connectivity index (χ1n) is 6.13.